The summed E-state index contributed by atoms with van der Waals surface area (Å²) in [4.78, 5) is 4.52. The van der Waals surface area contributed by atoms with E-state index in [0.717, 1.165) is 24.6 Å². The van der Waals surface area contributed by atoms with Gasteiger partial charge in [-0.2, -0.15) is 5.10 Å². The Hall–Kier alpha value is -0.900. The van der Waals surface area contributed by atoms with Gasteiger partial charge in [0, 0.05) is 6.42 Å². The first kappa shape index (κ1) is 10.6. The van der Waals surface area contributed by atoms with E-state index in [9.17, 15) is 0 Å². The van der Waals surface area contributed by atoms with Gasteiger partial charge in [-0.3, -0.25) is 5.10 Å². The molecule has 4 nitrogen and oxygen atoms in total. The summed E-state index contributed by atoms with van der Waals surface area (Å²) in [6, 6.07) is 0.294. The van der Waals surface area contributed by atoms with Crippen LogP contribution in [0.2, 0.25) is 0 Å². The van der Waals surface area contributed by atoms with Gasteiger partial charge >= 0.3 is 0 Å². The van der Waals surface area contributed by atoms with E-state index in [4.69, 9.17) is 0 Å². The fourth-order valence-corrected chi connectivity index (χ4v) is 2.25. The first-order valence-electron chi connectivity index (χ1n) is 5.78. The van der Waals surface area contributed by atoms with E-state index < -0.39 is 0 Å². The van der Waals surface area contributed by atoms with Gasteiger partial charge in [0.05, 0.1) is 6.04 Å². The molecule has 2 N–H and O–H groups in total. The van der Waals surface area contributed by atoms with Gasteiger partial charge in [-0.1, -0.05) is 20.8 Å². The van der Waals surface area contributed by atoms with Crippen molar-refractivity contribution in [3.05, 3.63) is 11.6 Å². The molecule has 1 aromatic rings. The Morgan fingerprint density at radius 3 is 2.87 bits per heavy atom. The minimum atomic E-state index is 0.255. The molecule has 0 spiro atoms. The van der Waals surface area contributed by atoms with Crippen molar-refractivity contribution in [1.29, 1.82) is 0 Å². The summed E-state index contributed by atoms with van der Waals surface area (Å²) in [5.41, 5.74) is 0.255. The molecular weight excluding hydrogens is 188 g/mol. The SMILES string of the molecule is CCc1nc(C2NCCCC2(C)C)n[nH]1. The second kappa shape index (κ2) is 3.93. The Morgan fingerprint density at radius 2 is 2.27 bits per heavy atom. The molecule has 1 aliphatic heterocycles. The number of piperidine rings is 1. The Bertz CT molecular complexity index is 329. The summed E-state index contributed by atoms with van der Waals surface area (Å²) in [5.74, 6) is 1.91. The normalized spacial score (nSPS) is 25.4. The first-order chi connectivity index (χ1) is 7.13. The molecule has 0 aromatic carbocycles. The van der Waals surface area contributed by atoms with Gasteiger partial charge < -0.3 is 5.32 Å². The third-order valence-corrected chi connectivity index (χ3v) is 3.27. The third-order valence-electron chi connectivity index (χ3n) is 3.27. The van der Waals surface area contributed by atoms with Crippen molar-refractivity contribution < 1.29 is 0 Å². The molecule has 1 aliphatic rings. The molecule has 15 heavy (non-hydrogen) atoms. The lowest BCUT2D eigenvalue weighted by molar-refractivity contribution is 0.174. The molecule has 0 saturated carbocycles. The maximum absolute atomic E-state index is 4.52. The van der Waals surface area contributed by atoms with Gasteiger partial charge in [0.25, 0.3) is 0 Å². The predicted octanol–water partition coefficient (Wildman–Crippen LogP) is 1.82. The minimum Gasteiger partial charge on any atom is -0.307 e. The van der Waals surface area contributed by atoms with Gasteiger partial charge in [0.2, 0.25) is 0 Å². The summed E-state index contributed by atoms with van der Waals surface area (Å²) >= 11 is 0. The molecule has 0 amide bonds. The van der Waals surface area contributed by atoms with Crippen LogP contribution in [0.5, 0.6) is 0 Å². The highest BCUT2D eigenvalue weighted by Crippen LogP contribution is 2.38. The maximum atomic E-state index is 4.52. The van der Waals surface area contributed by atoms with Crippen molar-refractivity contribution in [2.75, 3.05) is 6.54 Å². The van der Waals surface area contributed by atoms with Crippen molar-refractivity contribution in [3.8, 4) is 0 Å². The summed E-state index contributed by atoms with van der Waals surface area (Å²) < 4.78 is 0. The van der Waals surface area contributed by atoms with Crippen LogP contribution < -0.4 is 5.32 Å². The van der Waals surface area contributed by atoms with Crippen LogP contribution in [0.3, 0.4) is 0 Å². The highest BCUT2D eigenvalue weighted by Gasteiger charge is 2.35. The summed E-state index contributed by atoms with van der Waals surface area (Å²) in [7, 11) is 0. The highest BCUT2D eigenvalue weighted by molar-refractivity contribution is 5.03. The topological polar surface area (TPSA) is 53.6 Å². The van der Waals surface area contributed by atoms with Gasteiger partial charge in [-0.05, 0) is 24.8 Å². The van der Waals surface area contributed by atoms with Crippen LogP contribution in [0.25, 0.3) is 0 Å². The van der Waals surface area contributed by atoms with Gasteiger partial charge in [-0.15, -0.1) is 0 Å². The smallest absolute Gasteiger partial charge is 0.168 e. The zero-order chi connectivity index (χ0) is 10.9. The lowest BCUT2D eigenvalue weighted by Gasteiger charge is -2.37. The number of rotatable bonds is 2. The second-order valence-electron chi connectivity index (χ2n) is 4.97. The number of aryl methyl sites for hydroxylation is 1. The predicted molar refractivity (Wildman–Crippen MR) is 59.5 cm³/mol. The number of hydrogen-bond donors (Lipinski definition) is 2. The molecule has 2 heterocycles. The second-order valence-corrected chi connectivity index (χ2v) is 4.97. The zero-order valence-corrected chi connectivity index (χ0v) is 9.80. The maximum Gasteiger partial charge on any atom is 0.168 e. The van der Waals surface area contributed by atoms with Gasteiger partial charge in [0.15, 0.2) is 5.82 Å². The Balaban J connectivity index is 2.21. The van der Waals surface area contributed by atoms with Crippen molar-refractivity contribution in [1.82, 2.24) is 20.5 Å². The average molecular weight is 208 g/mol. The Labute approximate surface area is 90.9 Å². The van der Waals surface area contributed by atoms with Gasteiger partial charge in [0.1, 0.15) is 5.82 Å². The summed E-state index contributed by atoms with van der Waals surface area (Å²) in [5, 5.41) is 10.8. The van der Waals surface area contributed by atoms with Crippen molar-refractivity contribution in [2.24, 2.45) is 5.41 Å². The Kier molecular flexibility index (Phi) is 2.78. The standard InChI is InChI=1S/C11H20N4/c1-4-8-13-10(15-14-8)9-11(2,3)6-5-7-12-9/h9,12H,4-7H2,1-3H3,(H,13,14,15). The molecule has 0 bridgehead atoms. The van der Waals surface area contributed by atoms with E-state index in [1.165, 1.54) is 12.8 Å². The van der Waals surface area contributed by atoms with Crippen molar-refractivity contribution in [3.63, 3.8) is 0 Å². The van der Waals surface area contributed by atoms with Crippen LogP contribution in [0.15, 0.2) is 0 Å². The summed E-state index contributed by atoms with van der Waals surface area (Å²) in [6.45, 7) is 7.73. The van der Waals surface area contributed by atoms with Crippen LogP contribution >= 0.6 is 0 Å². The molecular formula is C11H20N4. The van der Waals surface area contributed by atoms with E-state index in [1.54, 1.807) is 0 Å². The monoisotopic (exact) mass is 208 g/mol. The number of aromatic amines is 1. The van der Waals surface area contributed by atoms with E-state index in [2.05, 4.69) is 41.3 Å². The van der Waals surface area contributed by atoms with E-state index in [-0.39, 0.29) is 5.41 Å². The molecule has 4 heteroatoms. The van der Waals surface area contributed by atoms with Crippen LogP contribution in [-0.4, -0.2) is 21.7 Å². The Morgan fingerprint density at radius 1 is 1.47 bits per heavy atom. The van der Waals surface area contributed by atoms with E-state index in [0.29, 0.717) is 6.04 Å². The quantitative estimate of drug-likeness (QED) is 0.779. The van der Waals surface area contributed by atoms with Crippen LogP contribution in [-0.2, 0) is 6.42 Å². The minimum absolute atomic E-state index is 0.255. The lowest BCUT2D eigenvalue weighted by Crippen LogP contribution is -2.40. The van der Waals surface area contributed by atoms with Crippen LogP contribution in [0, 0.1) is 5.41 Å². The largest absolute Gasteiger partial charge is 0.307 e. The number of H-pyrrole nitrogens is 1. The molecule has 0 aliphatic carbocycles. The number of nitrogens with zero attached hydrogens (tertiary/aromatic N) is 2. The van der Waals surface area contributed by atoms with E-state index >= 15 is 0 Å². The number of nitrogens with one attached hydrogen (secondary N) is 2. The lowest BCUT2D eigenvalue weighted by atomic mass is 9.77. The summed E-state index contributed by atoms with van der Waals surface area (Å²) in [6.07, 6.45) is 3.40. The van der Waals surface area contributed by atoms with Crippen LogP contribution in [0.1, 0.15) is 51.3 Å². The van der Waals surface area contributed by atoms with E-state index in [1.807, 2.05) is 0 Å². The molecule has 1 fully saturated rings. The average Bonchev–Trinajstić information content (AvgIpc) is 2.65. The fourth-order valence-electron chi connectivity index (χ4n) is 2.25. The fraction of sp³-hybridized carbons (Fsp3) is 0.818. The molecule has 84 valence electrons. The molecule has 1 saturated heterocycles. The molecule has 1 aromatic heterocycles. The van der Waals surface area contributed by atoms with Crippen molar-refractivity contribution >= 4 is 0 Å². The highest BCUT2D eigenvalue weighted by atomic mass is 15.2. The number of aromatic nitrogens is 3. The molecule has 1 unspecified atom stereocenters. The first-order valence-corrected chi connectivity index (χ1v) is 5.78. The number of hydrogen-bond acceptors (Lipinski definition) is 3. The molecule has 1 atom stereocenters. The van der Waals surface area contributed by atoms with Crippen molar-refractivity contribution in [2.45, 2.75) is 46.1 Å². The van der Waals surface area contributed by atoms with Crippen LogP contribution in [0.4, 0.5) is 0 Å². The third kappa shape index (κ3) is 2.04. The van der Waals surface area contributed by atoms with Gasteiger partial charge in [-0.25, -0.2) is 4.98 Å². The molecule has 2 rings (SSSR count). The zero-order valence-electron chi connectivity index (χ0n) is 9.80. The molecule has 0 radical (unpaired) electrons.